The monoisotopic (exact) mass is 483 g/mol. The molecule has 2 saturated heterocycles. The van der Waals surface area contributed by atoms with E-state index in [9.17, 15) is 8.78 Å². The molecular weight excluding hydrogens is 456 g/mol. The van der Waals surface area contributed by atoms with Gasteiger partial charge in [-0.1, -0.05) is 12.1 Å². The number of aromatic nitrogens is 3. The molecule has 3 aliphatic heterocycles. The molecule has 3 aromatic rings. The minimum Gasteiger partial charge on any atom is -0.486 e. The first-order valence-electron chi connectivity index (χ1n) is 11.9. The van der Waals surface area contributed by atoms with E-state index in [1.54, 1.807) is 19.2 Å². The molecule has 35 heavy (non-hydrogen) atoms. The van der Waals surface area contributed by atoms with Crippen molar-refractivity contribution >= 4 is 22.4 Å². The van der Waals surface area contributed by atoms with E-state index in [-0.39, 0.29) is 29.4 Å². The molecule has 2 fully saturated rings. The van der Waals surface area contributed by atoms with Crippen molar-refractivity contribution in [3.63, 3.8) is 0 Å². The van der Waals surface area contributed by atoms with Crippen molar-refractivity contribution in [1.82, 2.24) is 15.2 Å². The smallest absolute Gasteiger partial charge is 0.310 e. The van der Waals surface area contributed by atoms with Gasteiger partial charge < -0.3 is 24.4 Å². The molecule has 184 valence electrons. The average molecular weight is 484 g/mol. The third-order valence-electron chi connectivity index (χ3n) is 7.24. The number of fused-ring (bicyclic) bond motifs is 4. The number of morpholine rings is 1. The molecule has 1 N–H and O–H groups in total. The van der Waals surface area contributed by atoms with E-state index in [1.807, 2.05) is 13.8 Å². The summed E-state index contributed by atoms with van der Waals surface area (Å²) in [5.41, 5.74) is 2.82. The lowest BCUT2D eigenvalue weighted by molar-refractivity contribution is -0.0214. The van der Waals surface area contributed by atoms with Gasteiger partial charge in [-0.25, -0.2) is 4.98 Å². The van der Waals surface area contributed by atoms with Crippen molar-refractivity contribution in [1.29, 1.82) is 0 Å². The van der Waals surface area contributed by atoms with Crippen molar-refractivity contribution in [2.24, 2.45) is 0 Å². The van der Waals surface area contributed by atoms with E-state index >= 15 is 0 Å². The number of nitrogens with one attached hydrogen (secondary N) is 1. The number of aryl methyl sites for hydroxylation is 1. The van der Waals surface area contributed by atoms with Crippen LogP contribution in [-0.2, 0) is 10.7 Å². The van der Waals surface area contributed by atoms with Gasteiger partial charge in [0.05, 0.1) is 49.7 Å². The molecule has 0 saturated carbocycles. The molecule has 10 heteroatoms. The first kappa shape index (κ1) is 22.2. The zero-order chi connectivity index (χ0) is 24.3. The van der Waals surface area contributed by atoms with Crippen LogP contribution in [0.2, 0.25) is 0 Å². The Bertz CT molecular complexity index is 1290. The predicted octanol–water partition coefficient (Wildman–Crippen LogP) is 4.37. The quantitative estimate of drug-likeness (QED) is 0.573. The molecule has 2 aromatic heterocycles. The maximum atomic E-state index is 14.2. The number of rotatable bonds is 5. The van der Waals surface area contributed by atoms with Crippen LogP contribution in [-0.4, -0.2) is 54.2 Å². The Morgan fingerprint density at radius 2 is 1.97 bits per heavy atom. The Hall–Kier alpha value is -3.27. The molecule has 8 nitrogen and oxygen atoms in total. The summed E-state index contributed by atoms with van der Waals surface area (Å²) in [6.45, 7) is 4.46. The Morgan fingerprint density at radius 1 is 1.20 bits per heavy atom. The van der Waals surface area contributed by atoms with E-state index in [1.165, 1.54) is 6.07 Å². The van der Waals surface area contributed by atoms with Gasteiger partial charge in [-0.2, -0.15) is 13.9 Å². The van der Waals surface area contributed by atoms with Gasteiger partial charge in [0.1, 0.15) is 17.0 Å². The minimum atomic E-state index is -2.99. The lowest BCUT2D eigenvalue weighted by atomic mass is 10.0. The lowest BCUT2D eigenvalue weighted by Crippen LogP contribution is -2.46. The van der Waals surface area contributed by atoms with Gasteiger partial charge in [0.15, 0.2) is 12.4 Å². The fourth-order valence-corrected chi connectivity index (χ4v) is 5.50. The van der Waals surface area contributed by atoms with Crippen LogP contribution >= 0.6 is 0 Å². The normalized spacial score (nSPS) is 23.2. The Labute approximate surface area is 201 Å². The molecule has 0 aliphatic carbocycles. The second-order valence-corrected chi connectivity index (χ2v) is 9.46. The van der Waals surface area contributed by atoms with Crippen molar-refractivity contribution in [3.8, 4) is 11.6 Å². The van der Waals surface area contributed by atoms with Gasteiger partial charge in [0.2, 0.25) is 5.88 Å². The number of alkyl halides is 2. The minimum absolute atomic E-state index is 0.0834. The molecule has 0 amide bonds. The first-order chi connectivity index (χ1) is 16.9. The Kier molecular flexibility index (Phi) is 5.17. The van der Waals surface area contributed by atoms with Gasteiger partial charge in [0.25, 0.3) is 0 Å². The third-order valence-corrected chi connectivity index (χ3v) is 7.24. The number of pyridine rings is 1. The summed E-state index contributed by atoms with van der Waals surface area (Å²) < 4.78 is 45.3. The molecule has 1 aromatic carbocycles. The van der Waals surface area contributed by atoms with E-state index in [2.05, 4.69) is 26.5 Å². The van der Waals surface area contributed by atoms with Crippen molar-refractivity contribution in [3.05, 3.63) is 41.1 Å². The topological polar surface area (TPSA) is 81.6 Å². The van der Waals surface area contributed by atoms with Crippen LogP contribution in [0.3, 0.4) is 0 Å². The number of benzene rings is 1. The van der Waals surface area contributed by atoms with Crippen LogP contribution in [0, 0.1) is 6.92 Å². The Morgan fingerprint density at radius 3 is 2.71 bits per heavy atom. The number of methoxy groups -OCH3 is 1. The van der Waals surface area contributed by atoms with Crippen LogP contribution < -0.4 is 19.7 Å². The molecule has 2 bridgehead atoms. The van der Waals surface area contributed by atoms with Crippen LogP contribution in [0.15, 0.2) is 24.3 Å². The maximum absolute atomic E-state index is 14.2. The highest BCUT2D eigenvalue weighted by atomic mass is 19.3. The largest absolute Gasteiger partial charge is 0.486 e. The number of halogens is 2. The SMILES string of the molecule is COc1nc2c(C)nnc(N[C@H](C)c3cccc4c3OCC4(F)F)c2cc1N1C2CCC1COC2. The molecule has 6 rings (SSSR count). The fraction of sp³-hybridized carbons (Fsp3) is 0.480. The second-order valence-electron chi connectivity index (χ2n) is 9.46. The van der Waals surface area contributed by atoms with Gasteiger partial charge in [-0.3, -0.25) is 0 Å². The molecular formula is C25H27F2N5O3. The summed E-state index contributed by atoms with van der Waals surface area (Å²) in [4.78, 5) is 7.17. The summed E-state index contributed by atoms with van der Waals surface area (Å²) in [6, 6.07) is 7.08. The summed E-state index contributed by atoms with van der Waals surface area (Å²) in [5, 5.41) is 12.9. The van der Waals surface area contributed by atoms with Gasteiger partial charge in [-0.05, 0) is 38.8 Å². The standard InChI is InChI=1S/C25H27F2N5O3/c1-13(17-5-4-6-19-22(17)35-12-25(19,26)27)28-23-18-9-20(32-15-7-8-16(32)11-34-10-15)24(33-3)29-21(18)14(2)30-31-23/h4-6,9,13,15-16H,7-8,10-12H2,1-3H3,(H,28,31)/t13-,15?,16?/m1/s1. The number of nitrogens with zero attached hydrogens (tertiary/aromatic N) is 4. The lowest BCUT2D eigenvalue weighted by Gasteiger charge is -2.37. The predicted molar refractivity (Wildman–Crippen MR) is 127 cm³/mol. The number of hydrogen-bond acceptors (Lipinski definition) is 8. The number of para-hydroxylation sites is 1. The van der Waals surface area contributed by atoms with Crippen LogP contribution in [0.4, 0.5) is 20.3 Å². The molecule has 3 atom stereocenters. The zero-order valence-corrected chi connectivity index (χ0v) is 19.8. The van der Waals surface area contributed by atoms with E-state index in [0.29, 0.717) is 41.7 Å². The fourth-order valence-electron chi connectivity index (χ4n) is 5.50. The van der Waals surface area contributed by atoms with Crippen molar-refractivity contribution in [2.75, 3.05) is 37.1 Å². The maximum Gasteiger partial charge on any atom is 0.310 e. The molecule has 3 aliphatic rings. The van der Waals surface area contributed by atoms with Gasteiger partial charge in [0, 0.05) is 10.9 Å². The van der Waals surface area contributed by atoms with Crippen molar-refractivity contribution < 1.29 is 23.0 Å². The highest BCUT2D eigenvalue weighted by Crippen LogP contribution is 2.46. The summed E-state index contributed by atoms with van der Waals surface area (Å²) in [5.74, 6) is -1.69. The van der Waals surface area contributed by atoms with Crippen molar-refractivity contribution in [2.45, 2.75) is 50.7 Å². The Balaban J connectivity index is 1.42. The van der Waals surface area contributed by atoms with Crippen LogP contribution in [0.5, 0.6) is 11.6 Å². The van der Waals surface area contributed by atoms with E-state index in [4.69, 9.17) is 19.2 Å². The molecule has 0 radical (unpaired) electrons. The summed E-state index contributed by atoms with van der Waals surface area (Å²) >= 11 is 0. The van der Waals surface area contributed by atoms with E-state index < -0.39 is 12.5 Å². The molecule has 0 spiro atoms. The van der Waals surface area contributed by atoms with Gasteiger partial charge >= 0.3 is 5.92 Å². The van der Waals surface area contributed by atoms with Crippen LogP contribution in [0.25, 0.3) is 10.9 Å². The molecule has 5 heterocycles. The summed E-state index contributed by atoms with van der Waals surface area (Å²) in [7, 11) is 1.62. The zero-order valence-electron chi connectivity index (χ0n) is 19.8. The highest BCUT2D eigenvalue weighted by Gasteiger charge is 2.43. The second kappa shape index (κ2) is 8.15. The first-order valence-corrected chi connectivity index (χ1v) is 11.9. The van der Waals surface area contributed by atoms with E-state index in [0.717, 1.165) is 23.9 Å². The third kappa shape index (κ3) is 3.53. The summed E-state index contributed by atoms with van der Waals surface area (Å²) in [6.07, 6.45) is 2.12. The number of anilines is 2. The number of ether oxygens (including phenoxy) is 3. The van der Waals surface area contributed by atoms with Gasteiger partial charge in [-0.15, -0.1) is 5.10 Å². The molecule has 2 unspecified atom stereocenters. The van der Waals surface area contributed by atoms with Crippen LogP contribution in [0.1, 0.15) is 42.6 Å². The average Bonchev–Trinajstić information content (AvgIpc) is 3.30. The number of hydrogen-bond donors (Lipinski definition) is 1. The highest BCUT2D eigenvalue weighted by molar-refractivity contribution is 5.94.